The van der Waals surface area contributed by atoms with Gasteiger partial charge >= 0.3 is 0 Å². The zero-order valence-electron chi connectivity index (χ0n) is 20.4. The average molecular weight is 509 g/mol. The van der Waals surface area contributed by atoms with Crippen molar-refractivity contribution in [3.63, 3.8) is 0 Å². The van der Waals surface area contributed by atoms with Crippen molar-refractivity contribution in [3.8, 4) is 22.9 Å². The van der Waals surface area contributed by atoms with Crippen LogP contribution >= 0.6 is 13.5 Å². The van der Waals surface area contributed by atoms with E-state index in [0.29, 0.717) is 69.4 Å². The van der Waals surface area contributed by atoms with E-state index in [9.17, 15) is 4.79 Å². The lowest BCUT2D eigenvalue weighted by atomic mass is 10.1. The second-order valence-electron chi connectivity index (χ2n) is 7.97. The summed E-state index contributed by atoms with van der Waals surface area (Å²) in [6.45, 7) is 4.68. The van der Waals surface area contributed by atoms with Gasteiger partial charge in [0, 0.05) is 37.3 Å². The van der Waals surface area contributed by atoms with Crippen molar-refractivity contribution in [2.45, 2.75) is 32.9 Å². The number of aromatic amines is 2. The third kappa shape index (κ3) is 4.35. The van der Waals surface area contributed by atoms with E-state index in [2.05, 4.69) is 25.3 Å². The Morgan fingerprint density at radius 1 is 1.06 bits per heavy atom. The highest BCUT2D eigenvalue weighted by molar-refractivity contribution is 7.59. The molecular formula is C24H28N8O3S. The van der Waals surface area contributed by atoms with Crippen molar-refractivity contribution >= 4 is 41.2 Å². The van der Waals surface area contributed by atoms with Crippen LogP contribution in [-0.2, 0) is 6.54 Å². The minimum Gasteiger partial charge on any atom is -0.493 e. The summed E-state index contributed by atoms with van der Waals surface area (Å²) in [7, 11) is 3.14. The Balaban J connectivity index is 0.00000304. The van der Waals surface area contributed by atoms with Gasteiger partial charge < -0.3 is 24.8 Å². The molecule has 0 saturated carbocycles. The SMILES string of the molecule is CC[C@H](Nc1c(-c2nc3cc(OC)c(OC)cc3[nH]2)c(=O)[nH]c2cn(CC)nc12)c1ncccn1.S. The van der Waals surface area contributed by atoms with Crippen LogP contribution in [0.1, 0.15) is 32.1 Å². The molecule has 36 heavy (non-hydrogen) atoms. The van der Waals surface area contributed by atoms with Crippen molar-refractivity contribution in [3.05, 3.63) is 53.0 Å². The van der Waals surface area contributed by atoms with E-state index >= 15 is 0 Å². The normalized spacial score (nSPS) is 11.9. The molecule has 11 nitrogen and oxygen atoms in total. The number of hydrogen-bond donors (Lipinski definition) is 3. The number of nitrogens with zero attached hydrogens (tertiary/aromatic N) is 5. The molecule has 5 aromatic rings. The standard InChI is InChI=1S/C24H26N8O3.H2S/c1-5-13(22-25-8-7-9-26-22)27-21-19(24(33)30-16-12-32(6-2)31-20(16)21)23-28-14-10-17(34-3)18(35-4)11-15(14)29-23;/h7-13,27H,5-6H2,1-4H3,(H,28,29)(H,30,33);1H2/t13-;/m0./s1. The Kier molecular flexibility index (Phi) is 7.15. The predicted octanol–water partition coefficient (Wildman–Crippen LogP) is 3.77. The van der Waals surface area contributed by atoms with Crippen LogP contribution in [0.4, 0.5) is 5.69 Å². The molecule has 0 fully saturated rings. The minimum absolute atomic E-state index is 0. The van der Waals surface area contributed by atoms with Gasteiger partial charge in [0.2, 0.25) is 0 Å². The highest BCUT2D eigenvalue weighted by Gasteiger charge is 2.24. The second-order valence-corrected chi connectivity index (χ2v) is 7.97. The summed E-state index contributed by atoms with van der Waals surface area (Å²) in [5.41, 5.74) is 3.23. The zero-order chi connectivity index (χ0) is 24.5. The van der Waals surface area contributed by atoms with Gasteiger partial charge in [-0.15, -0.1) is 0 Å². The van der Waals surface area contributed by atoms with Gasteiger partial charge in [0.15, 0.2) is 11.5 Å². The quantitative estimate of drug-likeness (QED) is 0.288. The van der Waals surface area contributed by atoms with Crippen LogP contribution in [-0.4, -0.2) is 48.9 Å². The lowest BCUT2D eigenvalue weighted by Gasteiger charge is -2.18. The van der Waals surface area contributed by atoms with Crippen molar-refractivity contribution in [1.29, 1.82) is 0 Å². The van der Waals surface area contributed by atoms with Crippen LogP contribution in [0.3, 0.4) is 0 Å². The molecule has 0 aliphatic heterocycles. The Morgan fingerprint density at radius 3 is 2.44 bits per heavy atom. The summed E-state index contributed by atoms with van der Waals surface area (Å²) >= 11 is 0. The van der Waals surface area contributed by atoms with E-state index in [1.807, 2.05) is 20.0 Å². The molecule has 5 rings (SSSR count). The van der Waals surface area contributed by atoms with Crippen LogP contribution in [0.5, 0.6) is 11.5 Å². The number of fused-ring (bicyclic) bond motifs is 2. The Hall–Kier alpha value is -4.06. The molecule has 0 aliphatic carbocycles. The number of anilines is 1. The number of imidazole rings is 1. The van der Waals surface area contributed by atoms with E-state index < -0.39 is 0 Å². The molecule has 12 heteroatoms. The molecule has 1 atom stereocenters. The number of H-pyrrole nitrogens is 2. The third-order valence-electron chi connectivity index (χ3n) is 5.90. The smallest absolute Gasteiger partial charge is 0.261 e. The maximum absolute atomic E-state index is 13.4. The number of aromatic nitrogens is 7. The van der Waals surface area contributed by atoms with Crippen LogP contribution in [0.25, 0.3) is 33.5 Å². The molecule has 0 aliphatic rings. The highest BCUT2D eigenvalue weighted by Crippen LogP contribution is 2.36. The second kappa shape index (κ2) is 10.3. The fourth-order valence-corrected chi connectivity index (χ4v) is 4.11. The van der Waals surface area contributed by atoms with Gasteiger partial charge in [-0.25, -0.2) is 15.0 Å². The summed E-state index contributed by atoms with van der Waals surface area (Å²) in [5, 5.41) is 8.20. The van der Waals surface area contributed by atoms with Crippen LogP contribution < -0.4 is 20.3 Å². The van der Waals surface area contributed by atoms with Crippen molar-refractivity contribution in [1.82, 2.24) is 34.7 Å². The highest BCUT2D eigenvalue weighted by atomic mass is 32.1. The maximum atomic E-state index is 13.4. The molecule has 4 heterocycles. The molecule has 0 spiro atoms. The van der Waals surface area contributed by atoms with Crippen molar-refractivity contribution in [2.75, 3.05) is 19.5 Å². The summed E-state index contributed by atoms with van der Waals surface area (Å²) < 4.78 is 12.6. The molecule has 1 aromatic carbocycles. The molecule has 0 amide bonds. The number of pyridine rings is 1. The maximum Gasteiger partial charge on any atom is 0.261 e. The fourth-order valence-electron chi connectivity index (χ4n) is 4.11. The summed E-state index contributed by atoms with van der Waals surface area (Å²) in [6, 6.07) is 5.10. The monoisotopic (exact) mass is 508 g/mol. The van der Waals surface area contributed by atoms with Crippen LogP contribution in [0.2, 0.25) is 0 Å². The van der Waals surface area contributed by atoms with E-state index in [-0.39, 0.29) is 25.1 Å². The van der Waals surface area contributed by atoms with Gasteiger partial charge in [0.05, 0.1) is 42.5 Å². The molecular weight excluding hydrogens is 480 g/mol. The average Bonchev–Trinajstić information content (AvgIpc) is 3.49. The zero-order valence-corrected chi connectivity index (χ0v) is 21.4. The number of benzene rings is 1. The molecule has 0 radical (unpaired) electrons. The number of rotatable bonds is 8. The van der Waals surface area contributed by atoms with Crippen LogP contribution in [0, 0.1) is 0 Å². The molecule has 0 bridgehead atoms. The van der Waals surface area contributed by atoms with Gasteiger partial charge in [0.1, 0.15) is 22.7 Å². The molecule has 0 saturated heterocycles. The summed E-state index contributed by atoms with van der Waals surface area (Å²) in [5.74, 6) is 2.14. The minimum atomic E-state index is -0.294. The van der Waals surface area contributed by atoms with E-state index in [1.165, 1.54) is 0 Å². The van der Waals surface area contributed by atoms with E-state index in [0.717, 1.165) is 0 Å². The molecule has 188 valence electrons. The number of ether oxygens (including phenoxy) is 2. The van der Waals surface area contributed by atoms with E-state index in [1.54, 1.807) is 49.5 Å². The topological polar surface area (TPSA) is 136 Å². The molecule has 4 aromatic heterocycles. The first-order valence-electron chi connectivity index (χ1n) is 11.3. The molecule has 3 N–H and O–H groups in total. The van der Waals surface area contributed by atoms with Gasteiger partial charge in [-0.05, 0) is 19.4 Å². The molecule has 0 unspecified atom stereocenters. The first kappa shape index (κ1) is 25.0. The van der Waals surface area contributed by atoms with Gasteiger partial charge in [-0.3, -0.25) is 9.48 Å². The Bertz CT molecular complexity index is 1520. The number of aryl methyl sites for hydroxylation is 1. The van der Waals surface area contributed by atoms with Crippen LogP contribution in [0.15, 0.2) is 41.6 Å². The Labute approximate surface area is 213 Å². The first-order chi connectivity index (χ1) is 17.1. The Morgan fingerprint density at radius 2 is 1.78 bits per heavy atom. The number of hydrogen-bond acceptors (Lipinski definition) is 8. The van der Waals surface area contributed by atoms with Gasteiger partial charge in [-0.1, -0.05) is 6.92 Å². The lowest BCUT2D eigenvalue weighted by Crippen LogP contribution is -2.18. The third-order valence-corrected chi connectivity index (χ3v) is 5.90. The largest absolute Gasteiger partial charge is 0.493 e. The van der Waals surface area contributed by atoms with Gasteiger partial charge in [0.25, 0.3) is 5.56 Å². The number of nitrogens with one attached hydrogen (secondary N) is 3. The summed E-state index contributed by atoms with van der Waals surface area (Å²) in [6.07, 6.45) is 5.92. The van der Waals surface area contributed by atoms with E-state index in [4.69, 9.17) is 19.6 Å². The number of methoxy groups -OCH3 is 2. The predicted molar refractivity (Wildman–Crippen MR) is 143 cm³/mol. The van der Waals surface area contributed by atoms with Crippen molar-refractivity contribution < 1.29 is 9.47 Å². The summed E-state index contributed by atoms with van der Waals surface area (Å²) in [4.78, 5) is 33.2. The lowest BCUT2D eigenvalue weighted by molar-refractivity contribution is 0.356. The van der Waals surface area contributed by atoms with Crippen molar-refractivity contribution in [2.24, 2.45) is 0 Å². The van der Waals surface area contributed by atoms with Gasteiger partial charge in [-0.2, -0.15) is 18.6 Å². The fraction of sp³-hybridized carbons (Fsp3) is 0.292. The first-order valence-corrected chi connectivity index (χ1v) is 11.3.